The van der Waals surface area contributed by atoms with Crippen molar-refractivity contribution in [2.45, 2.75) is 58.4 Å². The second-order valence-electron chi connectivity index (χ2n) is 9.68. The molecule has 0 spiro atoms. The fourth-order valence-electron chi connectivity index (χ4n) is 4.84. The number of aliphatic carboxylic acids is 1. The van der Waals surface area contributed by atoms with Crippen LogP contribution in [0, 0.1) is 11.8 Å². The summed E-state index contributed by atoms with van der Waals surface area (Å²) in [5.74, 6) is -0.868. The van der Waals surface area contributed by atoms with Crippen LogP contribution in [-0.2, 0) is 14.3 Å². The Hall–Kier alpha value is -3.35. The first-order chi connectivity index (χ1) is 16.8. The molecular weight excluding hydrogens is 444 g/mol. The molecule has 0 radical (unpaired) electrons. The number of fused-ring (bicyclic) bond motifs is 3. The van der Waals surface area contributed by atoms with Crippen molar-refractivity contribution in [1.29, 1.82) is 0 Å². The van der Waals surface area contributed by atoms with Gasteiger partial charge in [0.15, 0.2) is 0 Å². The van der Waals surface area contributed by atoms with Crippen molar-refractivity contribution in [3.8, 4) is 11.1 Å². The van der Waals surface area contributed by atoms with Crippen molar-refractivity contribution < 1.29 is 24.2 Å². The zero-order valence-electron chi connectivity index (χ0n) is 20.8. The molecule has 0 bridgehead atoms. The van der Waals surface area contributed by atoms with Crippen LogP contribution in [-0.4, -0.2) is 42.3 Å². The van der Waals surface area contributed by atoms with Gasteiger partial charge in [0.2, 0.25) is 5.91 Å². The molecule has 2 aromatic carbocycles. The summed E-state index contributed by atoms with van der Waals surface area (Å²) < 4.78 is 5.61. The van der Waals surface area contributed by atoms with E-state index in [-0.39, 0.29) is 37.2 Å². The fourth-order valence-corrected chi connectivity index (χ4v) is 4.84. The normalized spacial score (nSPS) is 14.1. The average molecular weight is 481 g/mol. The number of hydrogen-bond donors (Lipinski definition) is 3. The van der Waals surface area contributed by atoms with E-state index in [4.69, 9.17) is 9.84 Å². The highest BCUT2D eigenvalue weighted by atomic mass is 16.5. The Labute approximate surface area is 207 Å². The molecule has 7 heteroatoms. The largest absolute Gasteiger partial charge is 0.481 e. The number of carboxylic acid groups (broad SMARTS) is 1. The standard InChI is InChI=1S/C28H36N2O5/c1-4-20(15-27(32)33)30-26(31)14-19(13-18(2)3)16-29-28(34)35-17-25-23-11-7-5-9-21(23)22-10-6-8-12-24(22)25/h5-12,18-20,25H,4,13-17H2,1-3H3,(H,29,34)(H,30,31)(H,32,33)/t19-,20-/m0/s1. The van der Waals surface area contributed by atoms with Gasteiger partial charge in [-0.2, -0.15) is 0 Å². The van der Waals surface area contributed by atoms with Crippen LogP contribution in [0.2, 0.25) is 0 Å². The number of hydrogen-bond acceptors (Lipinski definition) is 4. The summed E-state index contributed by atoms with van der Waals surface area (Å²) in [6, 6.07) is 16.0. The van der Waals surface area contributed by atoms with Crippen LogP contribution >= 0.6 is 0 Å². The molecule has 3 rings (SSSR count). The second-order valence-corrected chi connectivity index (χ2v) is 9.68. The van der Waals surface area contributed by atoms with E-state index in [1.165, 1.54) is 11.1 Å². The number of ether oxygens (including phenoxy) is 1. The maximum atomic E-state index is 12.5. The molecule has 2 aromatic rings. The molecule has 2 amide bonds. The summed E-state index contributed by atoms with van der Waals surface area (Å²) in [7, 11) is 0. The molecule has 0 saturated heterocycles. The first-order valence-electron chi connectivity index (χ1n) is 12.4. The Kier molecular flexibility index (Phi) is 9.29. The van der Waals surface area contributed by atoms with Gasteiger partial charge in [0.25, 0.3) is 0 Å². The highest BCUT2D eigenvalue weighted by molar-refractivity contribution is 5.79. The van der Waals surface area contributed by atoms with Gasteiger partial charge in [-0.05, 0) is 46.9 Å². The van der Waals surface area contributed by atoms with Crippen LogP contribution in [0.15, 0.2) is 48.5 Å². The van der Waals surface area contributed by atoms with E-state index in [2.05, 4.69) is 48.7 Å². The minimum absolute atomic E-state index is 0.00870. The van der Waals surface area contributed by atoms with E-state index in [1.807, 2.05) is 31.2 Å². The molecule has 0 aliphatic heterocycles. The molecule has 0 saturated carbocycles. The lowest BCUT2D eigenvalue weighted by molar-refractivity contribution is -0.137. The van der Waals surface area contributed by atoms with Gasteiger partial charge in [-0.1, -0.05) is 69.3 Å². The van der Waals surface area contributed by atoms with Crippen molar-refractivity contribution in [3.05, 3.63) is 59.7 Å². The Morgan fingerprint density at radius 2 is 1.57 bits per heavy atom. The van der Waals surface area contributed by atoms with Crippen LogP contribution < -0.4 is 10.6 Å². The molecule has 0 heterocycles. The van der Waals surface area contributed by atoms with Gasteiger partial charge in [-0.15, -0.1) is 0 Å². The molecule has 0 fully saturated rings. The second kappa shape index (κ2) is 12.4. The lowest BCUT2D eigenvalue weighted by Crippen LogP contribution is -2.39. The smallest absolute Gasteiger partial charge is 0.407 e. The summed E-state index contributed by atoms with van der Waals surface area (Å²) in [4.78, 5) is 36.0. The van der Waals surface area contributed by atoms with Gasteiger partial charge < -0.3 is 20.5 Å². The molecule has 1 aliphatic rings. The first kappa shape index (κ1) is 26.3. The van der Waals surface area contributed by atoms with E-state index in [0.29, 0.717) is 18.9 Å². The zero-order valence-corrected chi connectivity index (χ0v) is 20.8. The van der Waals surface area contributed by atoms with Crippen molar-refractivity contribution >= 4 is 18.0 Å². The van der Waals surface area contributed by atoms with E-state index in [0.717, 1.165) is 17.5 Å². The Morgan fingerprint density at radius 1 is 0.971 bits per heavy atom. The third kappa shape index (κ3) is 7.31. The average Bonchev–Trinajstić information content (AvgIpc) is 3.14. The monoisotopic (exact) mass is 480 g/mol. The number of carbonyl (C=O) groups is 3. The van der Waals surface area contributed by atoms with Gasteiger partial charge in [0.05, 0.1) is 6.42 Å². The number of carbonyl (C=O) groups excluding carboxylic acids is 2. The van der Waals surface area contributed by atoms with Crippen LogP contribution in [0.5, 0.6) is 0 Å². The maximum Gasteiger partial charge on any atom is 0.407 e. The molecule has 3 N–H and O–H groups in total. The molecule has 35 heavy (non-hydrogen) atoms. The molecule has 2 atom stereocenters. The van der Waals surface area contributed by atoms with Crippen LogP contribution in [0.1, 0.15) is 63.5 Å². The Bertz CT molecular complexity index is 990. The Balaban J connectivity index is 1.54. The van der Waals surface area contributed by atoms with Crippen molar-refractivity contribution in [2.75, 3.05) is 13.2 Å². The predicted molar refractivity (Wildman–Crippen MR) is 135 cm³/mol. The lowest BCUT2D eigenvalue weighted by Gasteiger charge is -2.21. The van der Waals surface area contributed by atoms with Crippen molar-refractivity contribution in [3.63, 3.8) is 0 Å². The fraction of sp³-hybridized carbons (Fsp3) is 0.464. The molecule has 7 nitrogen and oxygen atoms in total. The van der Waals surface area contributed by atoms with E-state index in [9.17, 15) is 14.4 Å². The van der Waals surface area contributed by atoms with E-state index >= 15 is 0 Å². The van der Waals surface area contributed by atoms with Gasteiger partial charge in [0.1, 0.15) is 6.61 Å². The number of alkyl carbamates (subject to hydrolysis) is 1. The van der Waals surface area contributed by atoms with Gasteiger partial charge in [-0.3, -0.25) is 9.59 Å². The number of nitrogens with one attached hydrogen (secondary N) is 2. The summed E-state index contributed by atoms with van der Waals surface area (Å²) in [5, 5.41) is 14.6. The summed E-state index contributed by atoms with van der Waals surface area (Å²) in [6.07, 6.45) is 0.920. The number of benzene rings is 2. The highest BCUT2D eigenvalue weighted by Crippen LogP contribution is 2.44. The molecule has 0 unspecified atom stereocenters. The van der Waals surface area contributed by atoms with E-state index in [1.54, 1.807) is 0 Å². The number of carboxylic acids is 1. The molecule has 1 aliphatic carbocycles. The first-order valence-corrected chi connectivity index (χ1v) is 12.4. The van der Waals surface area contributed by atoms with Crippen molar-refractivity contribution in [1.82, 2.24) is 10.6 Å². The van der Waals surface area contributed by atoms with Crippen LogP contribution in [0.25, 0.3) is 11.1 Å². The quantitative estimate of drug-likeness (QED) is 0.399. The molecule has 188 valence electrons. The van der Waals surface area contributed by atoms with Crippen molar-refractivity contribution in [2.24, 2.45) is 11.8 Å². The summed E-state index contributed by atoms with van der Waals surface area (Å²) in [6.45, 7) is 6.54. The topological polar surface area (TPSA) is 105 Å². The zero-order chi connectivity index (χ0) is 25.4. The van der Waals surface area contributed by atoms with Gasteiger partial charge >= 0.3 is 12.1 Å². The number of rotatable bonds is 12. The number of amides is 2. The SMILES string of the molecule is CC[C@@H](CC(=O)O)NC(=O)C[C@@H](CNC(=O)OCC1c2ccccc2-c2ccccc21)CC(C)C. The van der Waals surface area contributed by atoms with Crippen LogP contribution in [0.4, 0.5) is 4.79 Å². The predicted octanol–water partition coefficient (Wildman–Crippen LogP) is 4.95. The molecule has 0 aromatic heterocycles. The maximum absolute atomic E-state index is 12.5. The summed E-state index contributed by atoms with van der Waals surface area (Å²) >= 11 is 0. The van der Waals surface area contributed by atoms with E-state index < -0.39 is 18.1 Å². The minimum atomic E-state index is -0.937. The lowest BCUT2D eigenvalue weighted by atomic mass is 9.93. The third-order valence-electron chi connectivity index (χ3n) is 6.44. The van der Waals surface area contributed by atoms with Gasteiger partial charge in [0, 0.05) is 24.9 Å². The highest BCUT2D eigenvalue weighted by Gasteiger charge is 2.29. The molecular formula is C28H36N2O5. The minimum Gasteiger partial charge on any atom is -0.481 e. The third-order valence-corrected chi connectivity index (χ3v) is 6.44. The Morgan fingerprint density at radius 3 is 2.11 bits per heavy atom. The van der Waals surface area contributed by atoms with Gasteiger partial charge in [-0.25, -0.2) is 4.79 Å². The summed E-state index contributed by atoms with van der Waals surface area (Å²) in [5.41, 5.74) is 4.66. The van der Waals surface area contributed by atoms with Crippen LogP contribution in [0.3, 0.4) is 0 Å².